The summed E-state index contributed by atoms with van der Waals surface area (Å²) in [6.07, 6.45) is 1.35. The quantitative estimate of drug-likeness (QED) is 0.799. The minimum Gasteiger partial charge on any atom is -0.266 e. The van der Waals surface area contributed by atoms with Gasteiger partial charge in [0.1, 0.15) is 5.02 Å². The summed E-state index contributed by atoms with van der Waals surface area (Å²) in [5.74, 6) is 0. The van der Waals surface area contributed by atoms with Crippen LogP contribution in [0.15, 0.2) is 33.7 Å². The number of rotatable bonds is 1. The van der Waals surface area contributed by atoms with Crippen LogP contribution in [0.2, 0.25) is 10.0 Å². The number of halogens is 3. The first kappa shape index (κ1) is 12.6. The summed E-state index contributed by atoms with van der Waals surface area (Å²) in [4.78, 5) is 11.9. The highest BCUT2D eigenvalue weighted by Gasteiger charge is 2.09. The van der Waals surface area contributed by atoms with Crippen LogP contribution >= 0.6 is 39.1 Å². The highest BCUT2D eigenvalue weighted by Crippen LogP contribution is 2.20. The molecule has 0 saturated carbocycles. The van der Waals surface area contributed by atoms with E-state index in [-0.39, 0.29) is 10.0 Å². The fourth-order valence-corrected chi connectivity index (χ4v) is 1.86. The molecule has 6 heteroatoms. The van der Waals surface area contributed by atoms with Crippen LogP contribution in [0.3, 0.4) is 0 Å². The van der Waals surface area contributed by atoms with Crippen molar-refractivity contribution in [2.24, 2.45) is 0 Å². The summed E-state index contributed by atoms with van der Waals surface area (Å²) >= 11 is 14.9. The first-order valence-corrected chi connectivity index (χ1v) is 6.25. The van der Waals surface area contributed by atoms with Crippen LogP contribution in [0, 0.1) is 6.92 Å². The van der Waals surface area contributed by atoms with Gasteiger partial charge in [0, 0.05) is 4.47 Å². The molecule has 1 aromatic heterocycles. The lowest BCUT2D eigenvalue weighted by Crippen LogP contribution is -2.21. The van der Waals surface area contributed by atoms with E-state index >= 15 is 0 Å². The topological polar surface area (TPSA) is 34.9 Å². The Morgan fingerprint density at radius 3 is 2.71 bits per heavy atom. The second kappa shape index (κ2) is 4.80. The van der Waals surface area contributed by atoms with Gasteiger partial charge in [0.05, 0.1) is 16.9 Å². The molecular weight excluding hydrogens is 327 g/mol. The van der Waals surface area contributed by atoms with Crippen molar-refractivity contribution in [1.29, 1.82) is 0 Å². The van der Waals surface area contributed by atoms with Gasteiger partial charge in [0.25, 0.3) is 5.56 Å². The maximum atomic E-state index is 11.9. The van der Waals surface area contributed by atoms with E-state index in [0.29, 0.717) is 5.69 Å². The van der Waals surface area contributed by atoms with Gasteiger partial charge in [-0.15, -0.1) is 0 Å². The van der Waals surface area contributed by atoms with Crippen LogP contribution in [0.5, 0.6) is 0 Å². The highest BCUT2D eigenvalue weighted by atomic mass is 79.9. The Bertz CT molecular complexity index is 640. The van der Waals surface area contributed by atoms with Gasteiger partial charge in [-0.2, -0.15) is 9.78 Å². The molecule has 2 aromatic rings. The van der Waals surface area contributed by atoms with Crippen LogP contribution in [-0.4, -0.2) is 9.78 Å². The first-order valence-electron chi connectivity index (χ1n) is 4.70. The maximum absolute atomic E-state index is 11.9. The molecular formula is C11H7BrCl2N2O. The molecule has 0 amide bonds. The summed E-state index contributed by atoms with van der Waals surface area (Å²) in [6.45, 7) is 1.93. The van der Waals surface area contributed by atoms with E-state index in [4.69, 9.17) is 23.2 Å². The van der Waals surface area contributed by atoms with Crippen molar-refractivity contribution in [3.05, 3.63) is 54.8 Å². The largest absolute Gasteiger partial charge is 0.291 e. The van der Waals surface area contributed by atoms with Gasteiger partial charge in [-0.3, -0.25) is 4.79 Å². The number of nitrogens with zero attached hydrogens (tertiary/aromatic N) is 2. The van der Waals surface area contributed by atoms with Crippen LogP contribution in [0.25, 0.3) is 5.69 Å². The molecule has 0 atom stereocenters. The zero-order valence-electron chi connectivity index (χ0n) is 8.75. The summed E-state index contributed by atoms with van der Waals surface area (Å²) in [5, 5.41) is 4.08. The minimum absolute atomic E-state index is 0.0257. The van der Waals surface area contributed by atoms with Gasteiger partial charge in [0.15, 0.2) is 0 Å². The predicted molar refractivity (Wildman–Crippen MR) is 72.3 cm³/mol. The minimum atomic E-state index is -0.430. The number of hydrogen-bond acceptors (Lipinski definition) is 2. The van der Waals surface area contributed by atoms with Crippen molar-refractivity contribution in [3.63, 3.8) is 0 Å². The smallest absolute Gasteiger partial charge is 0.266 e. The van der Waals surface area contributed by atoms with Crippen molar-refractivity contribution >= 4 is 39.1 Å². The Morgan fingerprint density at radius 2 is 2.06 bits per heavy atom. The normalized spacial score (nSPS) is 10.6. The number of aryl methyl sites for hydroxylation is 1. The zero-order valence-corrected chi connectivity index (χ0v) is 11.8. The van der Waals surface area contributed by atoms with Gasteiger partial charge in [0.2, 0.25) is 0 Å². The molecule has 17 heavy (non-hydrogen) atoms. The molecule has 0 aliphatic heterocycles. The zero-order chi connectivity index (χ0) is 12.6. The molecule has 0 spiro atoms. The second-order valence-corrected chi connectivity index (χ2v) is 5.10. The van der Waals surface area contributed by atoms with E-state index in [1.807, 2.05) is 19.1 Å². The summed E-state index contributed by atoms with van der Waals surface area (Å²) in [5.41, 5.74) is 1.22. The number of benzene rings is 1. The Balaban J connectivity index is 2.65. The highest BCUT2D eigenvalue weighted by molar-refractivity contribution is 9.10. The molecule has 0 fully saturated rings. The molecule has 3 nitrogen and oxygen atoms in total. The molecule has 0 aliphatic rings. The van der Waals surface area contributed by atoms with Crippen molar-refractivity contribution in [2.45, 2.75) is 6.92 Å². The van der Waals surface area contributed by atoms with E-state index < -0.39 is 5.56 Å². The fraction of sp³-hybridized carbons (Fsp3) is 0.0909. The van der Waals surface area contributed by atoms with Gasteiger partial charge in [-0.05, 0) is 30.7 Å². The summed E-state index contributed by atoms with van der Waals surface area (Å²) in [6, 6.07) is 5.46. The van der Waals surface area contributed by atoms with Crippen molar-refractivity contribution in [2.75, 3.05) is 0 Å². The number of hydrogen-bond donors (Lipinski definition) is 0. The average molecular weight is 334 g/mol. The van der Waals surface area contributed by atoms with E-state index in [9.17, 15) is 4.79 Å². The van der Waals surface area contributed by atoms with Crippen LogP contribution < -0.4 is 5.56 Å². The van der Waals surface area contributed by atoms with E-state index in [1.165, 1.54) is 10.9 Å². The third-order valence-electron chi connectivity index (χ3n) is 2.26. The molecule has 1 aromatic carbocycles. The lowest BCUT2D eigenvalue weighted by Gasteiger charge is -2.07. The fourth-order valence-electron chi connectivity index (χ4n) is 1.36. The first-order chi connectivity index (χ1) is 8.00. The molecule has 0 N–H and O–H groups in total. The lowest BCUT2D eigenvalue weighted by molar-refractivity contribution is 0.806. The van der Waals surface area contributed by atoms with Gasteiger partial charge in [-0.25, -0.2) is 0 Å². The van der Waals surface area contributed by atoms with Crippen LogP contribution in [0.1, 0.15) is 5.56 Å². The van der Waals surface area contributed by atoms with Crippen LogP contribution in [-0.2, 0) is 0 Å². The van der Waals surface area contributed by atoms with E-state index in [0.717, 1.165) is 10.0 Å². The Kier molecular flexibility index (Phi) is 3.56. The van der Waals surface area contributed by atoms with Crippen molar-refractivity contribution < 1.29 is 0 Å². The van der Waals surface area contributed by atoms with E-state index in [1.54, 1.807) is 6.07 Å². The Labute approximate surface area is 116 Å². The van der Waals surface area contributed by atoms with Crippen LogP contribution in [0.4, 0.5) is 0 Å². The summed E-state index contributed by atoms with van der Waals surface area (Å²) in [7, 11) is 0. The van der Waals surface area contributed by atoms with E-state index in [2.05, 4.69) is 21.0 Å². The number of aromatic nitrogens is 2. The SMILES string of the molecule is Cc1cc(-n2ncc(Cl)c(Cl)c2=O)ccc1Br. The predicted octanol–water partition coefficient (Wildman–Crippen LogP) is 3.61. The molecule has 0 saturated heterocycles. The summed E-state index contributed by atoms with van der Waals surface area (Å²) < 4.78 is 2.18. The molecule has 0 aliphatic carbocycles. The monoisotopic (exact) mass is 332 g/mol. The van der Waals surface area contributed by atoms with Crippen molar-refractivity contribution in [1.82, 2.24) is 9.78 Å². The van der Waals surface area contributed by atoms with Gasteiger partial charge in [-0.1, -0.05) is 39.1 Å². The maximum Gasteiger partial charge on any atom is 0.291 e. The van der Waals surface area contributed by atoms with Gasteiger partial charge >= 0.3 is 0 Å². The van der Waals surface area contributed by atoms with Gasteiger partial charge < -0.3 is 0 Å². The molecule has 0 bridgehead atoms. The molecule has 2 rings (SSSR count). The third kappa shape index (κ3) is 2.39. The Morgan fingerprint density at radius 1 is 1.35 bits per heavy atom. The Hall–Kier alpha value is -0.840. The molecule has 88 valence electrons. The molecule has 0 radical (unpaired) electrons. The lowest BCUT2D eigenvalue weighted by atomic mass is 10.2. The third-order valence-corrected chi connectivity index (χ3v) is 3.90. The average Bonchev–Trinajstić information content (AvgIpc) is 2.30. The second-order valence-electron chi connectivity index (χ2n) is 3.46. The molecule has 1 heterocycles. The van der Waals surface area contributed by atoms with Crippen molar-refractivity contribution in [3.8, 4) is 5.69 Å². The molecule has 0 unspecified atom stereocenters. The standard InChI is InChI=1S/C11H7BrCl2N2O/c1-6-4-7(2-3-8(6)12)16-11(17)10(14)9(13)5-15-16/h2-5H,1H3.